The van der Waals surface area contributed by atoms with Gasteiger partial charge in [0.2, 0.25) is 0 Å². The summed E-state index contributed by atoms with van der Waals surface area (Å²) in [5.74, 6) is 1.74. The fourth-order valence-corrected chi connectivity index (χ4v) is 1.97. The summed E-state index contributed by atoms with van der Waals surface area (Å²) in [6.07, 6.45) is 10.5. The monoisotopic (exact) mass is 198 g/mol. The predicted octanol–water partition coefficient (Wildman–Crippen LogP) is 4.30. The molecule has 1 aromatic carbocycles. The van der Waals surface area contributed by atoms with Gasteiger partial charge in [-0.3, -0.25) is 0 Å². The van der Waals surface area contributed by atoms with Crippen LogP contribution in [0.1, 0.15) is 24.8 Å². The molecule has 1 fully saturated rings. The molecule has 0 bridgehead atoms. The van der Waals surface area contributed by atoms with Crippen molar-refractivity contribution in [1.29, 1.82) is 0 Å². The molecule has 0 aliphatic heterocycles. The van der Waals surface area contributed by atoms with E-state index in [4.69, 9.17) is 0 Å². The van der Waals surface area contributed by atoms with Crippen molar-refractivity contribution < 1.29 is 0 Å². The first-order valence-electron chi connectivity index (χ1n) is 5.74. The van der Waals surface area contributed by atoms with E-state index in [9.17, 15) is 0 Å². The first-order valence-corrected chi connectivity index (χ1v) is 5.74. The molecule has 0 radical (unpaired) electrons. The Balaban J connectivity index is 1.79. The SMILES string of the molecule is C=CCC[C@@H]1C[C@H]1/C=C/c1ccccc1. The minimum absolute atomic E-state index is 0.824. The van der Waals surface area contributed by atoms with Crippen molar-refractivity contribution in [1.82, 2.24) is 0 Å². The lowest BCUT2D eigenvalue weighted by Gasteiger charge is -1.93. The molecule has 0 heteroatoms. The van der Waals surface area contributed by atoms with Crippen LogP contribution in [0.4, 0.5) is 0 Å². The number of rotatable bonds is 5. The molecule has 0 heterocycles. The van der Waals surface area contributed by atoms with Crippen molar-refractivity contribution in [2.24, 2.45) is 11.8 Å². The molecule has 2 rings (SSSR count). The Morgan fingerprint density at radius 3 is 2.80 bits per heavy atom. The molecule has 0 amide bonds. The van der Waals surface area contributed by atoms with E-state index >= 15 is 0 Å². The lowest BCUT2D eigenvalue weighted by atomic mass is 10.1. The first kappa shape index (κ1) is 10.2. The summed E-state index contributed by atoms with van der Waals surface area (Å²) in [6.45, 7) is 3.76. The fourth-order valence-electron chi connectivity index (χ4n) is 1.97. The zero-order valence-corrected chi connectivity index (χ0v) is 9.10. The van der Waals surface area contributed by atoms with Gasteiger partial charge in [-0.05, 0) is 36.7 Å². The lowest BCUT2D eigenvalue weighted by molar-refractivity contribution is 0.709. The molecular formula is C15H18. The molecule has 1 aliphatic carbocycles. The van der Waals surface area contributed by atoms with Crippen molar-refractivity contribution in [3.8, 4) is 0 Å². The minimum atomic E-state index is 0.824. The average molecular weight is 198 g/mol. The van der Waals surface area contributed by atoms with Gasteiger partial charge in [0, 0.05) is 0 Å². The normalized spacial score (nSPS) is 24.3. The highest BCUT2D eigenvalue weighted by molar-refractivity contribution is 5.49. The molecule has 1 aliphatic rings. The topological polar surface area (TPSA) is 0 Å². The van der Waals surface area contributed by atoms with Gasteiger partial charge in [0.1, 0.15) is 0 Å². The second-order valence-corrected chi connectivity index (χ2v) is 4.30. The lowest BCUT2D eigenvalue weighted by Crippen LogP contribution is -1.78. The summed E-state index contributed by atoms with van der Waals surface area (Å²) < 4.78 is 0. The second-order valence-electron chi connectivity index (χ2n) is 4.30. The molecule has 0 N–H and O–H groups in total. The van der Waals surface area contributed by atoms with Gasteiger partial charge < -0.3 is 0 Å². The predicted molar refractivity (Wildman–Crippen MR) is 66.5 cm³/mol. The van der Waals surface area contributed by atoms with Gasteiger partial charge in [-0.2, -0.15) is 0 Å². The highest BCUT2D eigenvalue weighted by Crippen LogP contribution is 2.43. The molecule has 0 saturated heterocycles. The zero-order valence-electron chi connectivity index (χ0n) is 9.10. The fraction of sp³-hybridized carbons (Fsp3) is 0.333. The molecule has 0 spiro atoms. The standard InChI is InChI=1S/C15H18/c1-2-3-9-14-12-15(14)11-10-13-7-5-4-6-8-13/h2,4-8,10-11,14-15H,1,3,9,12H2/b11-10+/t14-,15-/m1/s1. The highest BCUT2D eigenvalue weighted by Gasteiger charge is 2.33. The molecule has 78 valence electrons. The molecule has 0 unspecified atom stereocenters. The zero-order chi connectivity index (χ0) is 10.5. The van der Waals surface area contributed by atoms with Crippen LogP contribution in [0.2, 0.25) is 0 Å². The summed E-state index contributed by atoms with van der Waals surface area (Å²) in [5, 5.41) is 0. The third-order valence-corrected chi connectivity index (χ3v) is 3.05. The third-order valence-electron chi connectivity index (χ3n) is 3.05. The first-order chi connectivity index (χ1) is 7.40. The van der Waals surface area contributed by atoms with Crippen LogP contribution in [0.3, 0.4) is 0 Å². The summed E-state index contributed by atoms with van der Waals surface area (Å²) in [5.41, 5.74) is 1.31. The number of hydrogen-bond donors (Lipinski definition) is 0. The summed E-state index contributed by atoms with van der Waals surface area (Å²) in [4.78, 5) is 0. The maximum atomic E-state index is 3.76. The average Bonchev–Trinajstić information content (AvgIpc) is 3.04. The smallest absolute Gasteiger partial charge is 0.0199 e. The number of benzene rings is 1. The van der Waals surface area contributed by atoms with Crippen LogP contribution in [0, 0.1) is 11.8 Å². The van der Waals surface area contributed by atoms with E-state index in [0.717, 1.165) is 11.8 Å². The van der Waals surface area contributed by atoms with Crippen LogP contribution in [-0.2, 0) is 0 Å². The van der Waals surface area contributed by atoms with Gasteiger partial charge in [0.25, 0.3) is 0 Å². The molecular weight excluding hydrogens is 180 g/mol. The molecule has 1 saturated carbocycles. The van der Waals surface area contributed by atoms with Crippen LogP contribution < -0.4 is 0 Å². The van der Waals surface area contributed by atoms with E-state index in [-0.39, 0.29) is 0 Å². The number of allylic oxidation sites excluding steroid dienone is 2. The molecule has 2 atom stereocenters. The molecule has 0 aromatic heterocycles. The second kappa shape index (κ2) is 4.97. The van der Waals surface area contributed by atoms with Gasteiger partial charge in [-0.15, -0.1) is 6.58 Å². The van der Waals surface area contributed by atoms with Crippen molar-refractivity contribution in [2.45, 2.75) is 19.3 Å². The highest BCUT2D eigenvalue weighted by atomic mass is 14.4. The van der Waals surface area contributed by atoms with Crippen LogP contribution >= 0.6 is 0 Å². The van der Waals surface area contributed by atoms with Crippen LogP contribution in [-0.4, -0.2) is 0 Å². The van der Waals surface area contributed by atoms with E-state index in [1.807, 2.05) is 6.08 Å². The maximum Gasteiger partial charge on any atom is -0.0199 e. The maximum absolute atomic E-state index is 3.76. The van der Waals surface area contributed by atoms with Crippen molar-refractivity contribution >= 4 is 6.08 Å². The Morgan fingerprint density at radius 2 is 2.07 bits per heavy atom. The Morgan fingerprint density at radius 1 is 1.27 bits per heavy atom. The number of hydrogen-bond acceptors (Lipinski definition) is 0. The Hall–Kier alpha value is -1.30. The quantitative estimate of drug-likeness (QED) is 0.619. The van der Waals surface area contributed by atoms with Gasteiger partial charge in [-0.25, -0.2) is 0 Å². The van der Waals surface area contributed by atoms with E-state index < -0.39 is 0 Å². The Kier molecular flexibility index (Phi) is 3.39. The summed E-state index contributed by atoms with van der Waals surface area (Å²) in [7, 11) is 0. The van der Waals surface area contributed by atoms with E-state index in [1.165, 1.54) is 24.8 Å². The Bertz CT molecular complexity index is 334. The van der Waals surface area contributed by atoms with E-state index in [1.54, 1.807) is 0 Å². The Labute approximate surface area is 92.3 Å². The van der Waals surface area contributed by atoms with Crippen LogP contribution in [0.15, 0.2) is 49.1 Å². The van der Waals surface area contributed by atoms with Gasteiger partial charge in [0.05, 0.1) is 0 Å². The van der Waals surface area contributed by atoms with Crippen molar-refractivity contribution in [3.05, 3.63) is 54.6 Å². The minimum Gasteiger partial charge on any atom is -0.103 e. The van der Waals surface area contributed by atoms with E-state index in [0.29, 0.717) is 0 Å². The van der Waals surface area contributed by atoms with E-state index in [2.05, 4.69) is 49.1 Å². The third kappa shape index (κ3) is 3.09. The molecule has 1 aromatic rings. The van der Waals surface area contributed by atoms with Gasteiger partial charge in [-0.1, -0.05) is 48.6 Å². The van der Waals surface area contributed by atoms with Crippen LogP contribution in [0.25, 0.3) is 6.08 Å². The molecule has 15 heavy (non-hydrogen) atoms. The van der Waals surface area contributed by atoms with Gasteiger partial charge in [0.15, 0.2) is 0 Å². The summed E-state index contributed by atoms with van der Waals surface area (Å²) >= 11 is 0. The van der Waals surface area contributed by atoms with Crippen molar-refractivity contribution in [2.75, 3.05) is 0 Å². The molecule has 0 nitrogen and oxygen atoms in total. The largest absolute Gasteiger partial charge is 0.103 e. The summed E-state index contributed by atoms with van der Waals surface area (Å²) in [6, 6.07) is 10.5. The van der Waals surface area contributed by atoms with Crippen molar-refractivity contribution in [3.63, 3.8) is 0 Å². The van der Waals surface area contributed by atoms with Crippen LogP contribution in [0.5, 0.6) is 0 Å². The van der Waals surface area contributed by atoms with Gasteiger partial charge >= 0.3 is 0 Å².